The number of amides is 2. The minimum absolute atomic E-state index is 0.0653. The van der Waals surface area contributed by atoms with Crippen molar-refractivity contribution in [1.82, 2.24) is 10.2 Å². The smallest absolute Gasteiger partial charge is 0.246 e. The SMILES string of the molecule is CCC1NC(=O)C2(CCCCC2)N(C2CCOC2)C1=O. The average molecular weight is 280 g/mol. The van der Waals surface area contributed by atoms with Gasteiger partial charge in [-0.1, -0.05) is 26.2 Å². The summed E-state index contributed by atoms with van der Waals surface area (Å²) in [4.78, 5) is 27.4. The molecule has 3 fully saturated rings. The second-order valence-corrected chi connectivity index (χ2v) is 6.25. The average Bonchev–Trinajstić information content (AvgIpc) is 2.98. The Hall–Kier alpha value is -1.10. The number of ether oxygens (including phenoxy) is 1. The summed E-state index contributed by atoms with van der Waals surface area (Å²) in [6.45, 7) is 3.23. The Morgan fingerprint density at radius 2 is 2.05 bits per heavy atom. The van der Waals surface area contributed by atoms with E-state index in [0.29, 0.717) is 19.6 Å². The Morgan fingerprint density at radius 3 is 2.65 bits per heavy atom. The molecular weight excluding hydrogens is 256 g/mol. The lowest BCUT2D eigenvalue weighted by atomic mass is 9.76. The van der Waals surface area contributed by atoms with E-state index in [2.05, 4.69) is 5.32 Å². The van der Waals surface area contributed by atoms with Crippen molar-refractivity contribution in [3.05, 3.63) is 0 Å². The molecule has 1 aliphatic carbocycles. The van der Waals surface area contributed by atoms with Crippen molar-refractivity contribution in [2.75, 3.05) is 13.2 Å². The normalized spacial score (nSPS) is 33.5. The summed E-state index contributed by atoms with van der Waals surface area (Å²) in [5, 5.41) is 2.96. The van der Waals surface area contributed by atoms with Gasteiger partial charge >= 0.3 is 0 Å². The molecule has 1 spiro atoms. The first kappa shape index (κ1) is 13.9. The maximum absolute atomic E-state index is 12.8. The van der Waals surface area contributed by atoms with Crippen LogP contribution in [0.15, 0.2) is 0 Å². The highest BCUT2D eigenvalue weighted by Gasteiger charge is 2.54. The van der Waals surface area contributed by atoms with Crippen LogP contribution in [0, 0.1) is 0 Å². The second kappa shape index (κ2) is 5.35. The lowest BCUT2D eigenvalue weighted by Gasteiger charge is -2.52. The van der Waals surface area contributed by atoms with E-state index in [1.807, 2.05) is 11.8 Å². The van der Waals surface area contributed by atoms with Crippen LogP contribution in [-0.2, 0) is 14.3 Å². The first-order valence-corrected chi connectivity index (χ1v) is 7.91. The first-order chi connectivity index (χ1) is 9.69. The molecule has 2 aliphatic heterocycles. The van der Waals surface area contributed by atoms with Gasteiger partial charge in [0.05, 0.1) is 12.6 Å². The number of rotatable bonds is 2. The molecule has 3 rings (SSSR count). The summed E-state index contributed by atoms with van der Waals surface area (Å²) < 4.78 is 5.47. The molecule has 0 radical (unpaired) electrons. The van der Waals surface area contributed by atoms with E-state index in [0.717, 1.165) is 38.5 Å². The van der Waals surface area contributed by atoms with Gasteiger partial charge in [0.2, 0.25) is 11.8 Å². The van der Waals surface area contributed by atoms with Crippen molar-refractivity contribution in [1.29, 1.82) is 0 Å². The van der Waals surface area contributed by atoms with E-state index in [9.17, 15) is 9.59 Å². The molecule has 112 valence electrons. The topological polar surface area (TPSA) is 58.6 Å². The molecule has 1 saturated carbocycles. The molecule has 2 unspecified atom stereocenters. The zero-order valence-corrected chi connectivity index (χ0v) is 12.2. The molecule has 2 amide bonds. The molecule has 3 aliphatic rings. The van der Waals surface area contributed by atoms with Gasteiger partial charge in [0.25, 0.3) is 0 Å². The Kier molecular flexibility index (Phi) is 3.71. The summed E-state index contributed by atoms with van der Waals surface area (Å²) in [5.41, 5.74) is -0.598. The highest BCUT2D eigenvalue weighted by atomic mass is 16.5. The fraction of sp³-hybridized carbons (Fsp3) is 0.867. The Balaban J connectivity index is 1.95. The highest BCUT2D eigenvalue weighted by Crippen LogP contribution is 2.39. The number of carbonyl (C=O) groups is 2. The van der Waals surface area contributed by atoms with Crippen LogP contribution in [0.25, 0.3) is 0 Å². The molecule has 0 aromatic heterocycles. The van der Waals surface area contributed by atoms with Gasteiger partial charge in [-0.05, 0) is 25.7 Å². The maximum atomic E-state index is 12.8. The standard InChI is InChI=1S/C15H24N2O3/c1-2-12-13(18)17(11-6-9-20-10-11)15(14(19)16-12)7-4-3-5-8-15/h11-12H,2-10H2,1H3,(H,16,19). The maximum Gasteiger partial charge on any atom is 0.246 e. The fourth-order valence-electron chi connectivity index (χ4n) is 3.98. The zero-order chi connectivity index (χ0) is 14.2. The van der Waals surface area contributed by atoms with Crippen molar-refractivity contribution in [3.8, 4) is 0 Å². The third kappa shape index (κ3) is 2.03. The van der Waals surface area contributed by atoms with Crippen LogP contribution in [0.4, 0.5) is 0 Å². The zero-order valence-electron chi connectivity index (χ0n) is 12.2. The van der Waals surface area contributed by atoms with Gasteiger partial charge < -0.3 is 15.0 Å². The van der Waals surface area contributed by atoms with E-state index in [4.69, 9.17) is 4.74 Å². The summed E-state index contributed by atoms with van der Waals surface area (Å²) in [5.74, 6) is 0.167. The van der Waals surface area contributed by atoms with E-state index in [1.54, 1.807) is 0 Å². The first-order valence-electron chi connectivity index (χ1n) is 7.91. The van der Waals surface area contributed by atoms with Crippen molar-refractivity contribution < 1.29 is 14.3 Å². The van der Waals surface area contributed by atoms with Crippen LogP contribution in [0.2, 0.25) is 0 Å². The molecule has 2 heterocycles. The lowest BCUT2D eigenvalue weighted by Crippen LogP contribution is -2.73. The largest absolute Gasteiger partial charge is 0.379 e. The number of hydrogen-bond acceptors (Lipinski definition) is 3. The van der Waals surface area contributed by atoms with Gasteiger partial charge in [-0.25, -0.2) is 0 Å². The Morgan fingerprint density at radius 1 is 1.30 bits per heavy atom. The fourth-order valence-corrected chi connectivity index (χ4v) is 3.98. The number of nitrogens with zero attached hydrogens (tertiary/aromatic N) is 1. The quantitative estimate of drug-likeness (QED) is 0.827. The lowest BCUT2D eigenvalue weighted by molar-refractivity contribution is -0.164. The molecular formula is C15H24N2O3. The predicted molar refractivity (Wildman–Crippen MR) is 74.1 cm³/mol. The second-order valence-electron chi connectivity index (χ2n) is 6.25. The molecule has 5 heteroatoms. The summed E-state index contributed by atoms with van der Waals surface area (Å²) in [7, 11) is 0. The summed E-state index contributed by atoms with van der Waals surface area (Å²) in [6.07, 6.45) is 6.34. The van der Waals surface area contributed by atoms with Crippen LogP contribution in [-0.4, -0.2) is 47.6 Å². The van der Waals surface area contributed by atoms with E-state index >= 15 is 0 Å². The molecule has 2 atom stereocenters. The number of carbonyl (C=O) groups excluding carboxylic acids is 2. The van der Waals surface area contributed by atoms with E-state index < -0.39 is 5.54 Å². The Bertz CT molecular complexity index is 398. The van der Waals surface area contributed by atoms with Crippen LogP contribution < -0.4 is 5.32 Å². The van der Waals surface area contributed by atoms with Crippen molar-refractivity contribution in [2.24, 2.45) is 0 Å². The van der Waals surface area contributed by atoms with Crippen LogP contribution in [0.3, 0.4) is 0 Å². The molecule has 0 bridgehead atoms. The van der Waals surface area contributed by atoms with E-state index in [-0.39, 0.29) is 23.9 Å². The molecule has 1 N–H and O–H groups in total. The van der Waals surface area contributed by atoms with Crippen LogP contribution >= 0.6 is 0 Å². The molecule has 0 aromatic carbocycles. The van der Waals surface area contributed by atoms with Gasteiger partial charge in [0.15, 0.2) is 0 Å². The summed E-state index contributed by atoms with van der Waals surface area (Å²) >= 11 is 0. The Labute approximate surface area is 120 Å². The number of hydrogen-bond donors (Lipinski definition) is 1. The monoisotopic (exact) mass is 280 g/mol. The third-order valence-electron chi connectivity index (χ3n) is 5.08. The van der Waals surface area contributed by atoms with Crippen molar-refractivity contribution in [3.63, 3.8) is 0 Å². The minimum Gasteiger partial charge on any atom is -0.379 e. The van der Waals surface area contributed by atoms with Crippen molar-refractivity contribution >= 4 is 11.8 Å². The highest BCUT2D eigenvalue weighted by molar-refractivity contribution is 6.00. The third-order valence-corrected chi connectivity index (χ3v) is 5.08. The number of nitrogens with one attached hydrogen (secondary N) is 1. The molecule has 0 aromatic rings. The van der Waals surface area contributed by atoms with Gasteiger partial charge in [-0.3, -0.25) is 9.59 Å². The van der Waals surface area contributed by atoms with Crippen LogP contribution in [0.5, 0.6) is 0 Å². The van der Waals surface area contributed by atoms with E-state index in [1.165, 1.54) is 0 Å². The van der Waals surface area contributed by atoms with Gasteiger partial charge in [-0.15, -0.1) is 0 Å². The van der Waals surface area contributed by atoms with Gasteiger partial charge in [0, 0.05) is 6.61 Å². The molecule has 5 nitrogen and oxygen atoms in total. The molecule has 20 heavy (non-hydrogen) atoms. The predicted octanol–water partition coefficient (Wildman–Crippen LogP) is 1.22. The van der Waals surface area contributed by atoms with Crippen molar-refractivity contribution in [2.45, 2.75) is 69.5 Å². The van der Waals surface area contributed by atoms with Crippen LogP contribution in [0.1, 0.15) is 51.9 Å². The number of piperazine rings is 1. The van der Waals surface area contributed by atoms with Gasteiger partial charge in [0.1, 0.15) is 11.6 Å². The van der Waals surface area contributed by atoms with Gasteiger partial charge in [-0.2, -0.15) is 0 Å². The summed E-state index contributed by atoms with van der Waals surface area (Å²) in [6, 6.07) is -0.267. The minimum atomic E-state index is -0.598. The molecule has 2 saturated heterocycles.